The summed E-state index contributed by atoms with van der Waals surface area (Å²) in [6.45, 7) is 4.20. The molecule has 1 aromatic rings. The van der Waals surface area contributed by atoms with Crippen LogP contribution in [-0.4, -0.2) is 18.6 Å². The monoisotopic (exact) mass is 345 g/mol. The zero-order valence-electron chi connectivity index (χ0n) is 16.1. The van der Waals surface area contributed by atoms with Crippen LogP contribution in [0.1, 0.15) is 81.8 Å². The van der Waals surface area contributed by atoms with Crippen LogP contribution in [0.25, 0.3) is 0 Å². The fourth-order valence-corrected chi connectivity index (χ4v) is 3.74. The van der Waals surface area contributed by atoms with Crippen molar-refractivity contribution in [3.05, 3.63) is 29.3 Å². The molecule has 140 valence electrons. The Morgan fingerprint density at radius 3 is 1.88 bits per heavy atom. The van der Waals surface area contributed by atoms with Crippen LogP contribution in [0.5, 0.6) is 5.75 Å². The molecule has 1 amide bonds. The van der Waals surface area contributed by atoms with E-state index in [1.165, 1.54) is 57.8 Å². The van der Waals surface area contributed by atoms with E-state index in [2.05, 4.69) is 11.4 Å². The number of carbonyl (C=O) groups excluding carboxylic acids is 1. The average Bonchev–Trinajstić information content (AvgIpc) is 2.54. The Hall–Kier alpha value is -1.51. The van der Waals surface area contributed by atoms with E-state index in [1.54, 1.807) is 0 Å². The molecule has 0 bridgehead atoms. The van der Waals surface area contributed by atoms with E-state index in [4.69, 9.17) is 4.74 Å². The molecular weight excluding hydrogens is 310 g/mol. The Morgan fingerprint density at radius 2 is 1.36 bits per heavy atom. The molecule has 1 aliphatic rings. The van der Waals surface area contributed by atoms with Gasteiger partial charge in [0, 0.05) is 6.04 Å². The lowest BCUT2D eigenvalue weighted by atomic mass is 9.98. The maximum atomic E-state index is 12.3. The van der Waals surface area contributed by atoms with Crippen LogP contribution in [0.15, 0.2) is 18.2 Å². The second-order valence-electron chi connectivity index (χ2n) is 7.64. The summed E-state index contributed by atoms with van der Waals surface area (Å²) in [7, 11) is 0. The van der Waals surface area contributed by atoms with Crippen LogP contribution in [0.3, 0.4) is 0 Å². The Balaban J connectivity index is 1.77. The van der Waals surface area contributed by atoms with Crippen LogP contribution in [0.2, 0.25) is 0 Å². The summed E-state index contributed by atoms with van der Waals surface area (Å²) >= 11 is 0. The Morgan fingerprint density at radius 1 is 0.880 bits per heavy atom. The third-order valence-corrected chi connectivity index (χ3v) is 5.04. The van der Waals surface area contributed by atoms with Gasteiger partial charge in [-0.15, -0.1) is 0 Å². The third kappa shape index (κ3) is 8.42. The third-order valence-electron chi connectivity index (χ3n) is 5.04. The number of benzene rings is 1. The minimum absolute atomic E-state index is 0.0104. The molecule has 1 aliphatic carbocycles. The van der Waals surface area contributed by atoms with Gasteiger partial charge in [0.25, 0.3) is 5.91 Å². The van der Waals surface area contributed by atoms with E-state index in [-0.39, 0.29) is 12.5 Å². The molecule has 0 aromatic heterocycles. The largest absolute Gasteiger partial charge is 0.484 e. The number of hydrogen-bond donors (Lipinski definition) is 1. The molecule has 0 saturated heterocycles. The minimum atomic E-state index is 0.0104. The summed E-state index contributed by atoms with van der Waals surface area (Å²) in [4.78, 5) is 12.3. The standard InChI is InChI=1S/C22H35NO2/c1-18-14-19(2)16-21(15-18)25-17-22(24)23-20-12-10-8-6-4-3-5-7-9-11-13-20/h14-16,20H,3-13,17H2,1-2H3,(H,23,24). The summed E-state index contributed by atoms with van der Waals surface area (Å²) in [5.74, 6) is 0.794. The lowest BCUT2D eigenvalue weighted by molar-refractivity contribution is -0.123. The molecule has 2 rings (SSSR count). The maximum Gasteiger partial charge on any atom is 0.258 e. The SMILES string of the molecule is Cc1cc(C)cc(OCC(=O)NC2CCCCCCCCCCC2)c1. The van der Waals surface area contributed by atoms with E-state index >= 15 is 0 Å². The predicted molar refractivity (Wildman–Crippen MR) is 104 cm³/mol. The van der Waals surface area contributed by atoms with E-state index < -0.39 is 0 Å². The molecule has 0 heterocycles. The topological polar surface area (TPSA) is 38.3 Å². The van der Waals surface area contributed by atoms with Crippen LogP contribution in [0, 0.1) is 13.8 Å². The van der Waals surface area contributed by atoms with Crippen molar-refractivity contribution in [3.63, 3.8) is 0 Å². The Kier molecular flexibility index (Phi) is 8.85. The van der Waals surface area contributed by atoms with Gasteiger partial charge in [0.05, 0.1) is 0 Å². The number of carbonyl (C=O) groups is 1. The van der Waals surface area contributed by atoms with Gasteiger partial charge in [-0.3, -0.25) is 4.79 Å². The highest BCUT2D eigenvalue weighted by Gasteiger charge is 2.13. The molecule has 25 heavy (non-hydrogen) atoms. The number of rotatable bonds is 4. The van der Waals surface area contributed by atoms with E-state index in [1.807, 2.05) is 26.0 Å². The highest BCUT2D eigenvalue weighted by molar-refractivity contribution is 5.77. The number of hydrogen-bond acceptors (Lipinski definition) is 2. The van der Waals surface area contributed by atoms with Crippen molar-refractivity contribution >= 4 is 5.91 Å². The first kappa shape index (κ1) is 19.8. The molecule has 3 heteroatoms. The minimum Gasteiger partial charge on any atom is -0.484 e. The number of amides is 1. The van der Waals surface area contributed by atoms with Crippen LogP contribution in [0.4, 0.5) is 0 Å². The van der Waals surface area contributed by atoms with Gasteiger partial charge in [0.1, 0.15) is 5.75 Å². The molecule has 1 N–H and O–H groups in total. The fourth-order valence-electron chi connectivity index (χ4n) is 3.74. The molecule has 3 nitrogen and oxygen atoms in total. The van der Waals surface area contributed by atoms with Gasteiger partial charge < -0.3 is 10.1 Å². The second-order valence-corrected chi connectivity index (χ2v) is 7.64. The van der Waals surface area contributed by atoms with E-state index in [9.17, 15) is 4.79 Å². The molecule has 0 radical (unpaired) electrons. The highest BCUT2D eigenvalue weighted by atomic mass is 16.5. The van der Waals surface area contributed by atoms with Gasteiger partial charge in [0.2, 0.25) is 0 Å². The fraction of sp³-hybridized carbons (Fsp3) is 0.682. The summed E-state index contributed by atoms with van der Waals surface area (Å²) in [6.07, 6.45) is 14.1. The van der Waals surface area contributed by atoms with Crippen molar-refractivity contribution < 1.29 is 9.53 Å². The van der Waals surface area contributed by atoms with Crippen molar-refractivity contribution in [2.45, 2.75) is 90.5 Å². The van der Waals surface area contributed by atoms with Gasteiger partial charge in [-0.1, -0.05) is 63.9 Å². The first-order chi connectivity index (χ1) is 12.1. The lowest BCUT2D eigenvalue weighted by Crippen LogP contribution is -2.38. The van der Waals surface area contributed by atoms with Crippen molar-refractivity contribution in [3.8, 4) is 5.75 Å². The van der Waals surface area contributed by atoms with Crippen LogP contribution in [-0.2, 0) is 4.79 Å². The van der Waals surface area contributed by atoms with Crippen molar-refractivity contribution in [1.29, 1.82) is 0 Å². The van der Waals surface area contributed by atoms with Gasteiger partial charge >= 0.3 is 0 Å². The number of nitrogens with one attached hydrogen (secondary N) is 1. The van der Waals surface area contributed by atoms with Crippen molar-refractivity contribution in [1.82, 2.24) is 5.32 Å². The van der Waals surface area contributed by atoms with Crippen LogP contribution >= 0.6 is 0 Å². The first-order valence-electron chi connectivity index (χ1n) is 10.1. The summed E-state index contributed by atoms with van der Waals surface area (Å²) in [6, 6.07) is 6.39. The normalized spacial score (nSPS) is 18.0. The number of ether oxygens (including phenoxy) is 1. The molecule has 1 saturated carbocycles. The zero-order chi connectivity index (χ0) is 17.9. The van der Waals surface area contributed by atoms with E-state index in [0.29, 0.717) is 6.04 Å². The molecule has 1 aromatic carbocycles. The predicted octanol–water partition coefficient (Wildman–Crippen LogP) is 5.47. The maximum absolute atomic E-state index is 12.3. The summed E-state index contributed by atoms with van der Waals surface area (Å²) in [5.41, 5.74) is 2.32. The molecule has 0 unspecified atom stereocenters. The van der Waals surface area contributed by atoms with Gasteiger partial charge in [-0.2, -0.15) is 0 Å². The average molecular weight is 346 g/mol. The smallest absolute Gasteiger partial charge is 0.258 e. The van der Waals surface area contributed by atoms with Gasteiger partial charge in [0.15, 0.2) is 6.61 Å². The van der Waals surface area contributed by atoms with Gasteiger partial charge in [-0.05, 0) is 49.9 Å². The molecule has 0 atom stereocenters. The van der Waals surface area contributed by atoms with Crippen molar-refractivity contribution in [2.24, 2.45) is 0 Å². The molecular formula is C22H35NO2. The van der Waals surface area contributed by atoms with Crippen LogP contribution < -0.4 is 10.1 Å². The van der Waals surface area contributed by atoms with Gasteiger partial charge in [-0.25, -0.2) is 0 Å². The first-order valence-corrected chi connectivity index (χ1v) is 10.1. The Labute approximate surface area is 153 Å². The Bertz CT molecular complexity index is 495. The highest BCUT2D eigenvalue weighted by Crippen LogP contribution is 2.18. The van der Waals surface area contributed by atoms with E-state index in [0.717, 1.165) is 29.7 Å². The zero-order valence-corrected chi connectivity index (χ0v) is 16.1. The second kappa shape index (κ2) is 11.2. The molecule has 1 fully saturated rings. The molecule has 0 aliphatic heterocycles. The number of aryl methyl sites for hydroxylation is 2. The lowest BCUT2D eigenvalue weighted by Gasteiger charge is -2.20. The quantitative estimate of drug-likeness (QED) is 0.785. The molecule has 0 spiro atoms. The van der Waals surface area contributed by atoms with Crippen molar-refractivity contribution in [2.75, 3.05) is 6.61 Å². The summed E-state index contributed by atoms with van der Waals surface area (Å²) < 4.78 is 5.70. The summed E-state index contributed by atoms with van der Waals surface area (Å²) in [5, 5.41) is 3.21.